The predicted octanol–water partition coefficient (Wildman–Crippen LogP) is 0.129. The van der Waals surface area contributed by atoms with E-state index >= 15 is 0 Å². The van der Waals surface area contributed by atoms with E-state index in [2.05, 4.69) is 20.3 Å². The first kappa shape index (κ1) is 17.4. The molecule has 3 N–H and O–H groups in total. The minimum Gasteiger partial charge on any atom is -0.467 e. The molecule has 0 fully saturated rings. The fourth-order valence-electron chi connectivity index (χ4n) is 1.61. The molecule has 0 atom stereocenters. The summed E-state index contributed by atoms with van der Waals surface area (Å²) in [5.74, 6) is 1.40. The van der Waals surface area contributed by atoms with Crippen molar-refractivity contribution in [3.63, 3.8) is 0 Å². The summed E-state index contributed by atoms with van der Waals surface area (Å²) in [6, 6.07) is 0. The Bertz CT molecular complexity index is 545. The Morgan fingerprint density at radius 2 is 1.95 bits per heavy atom. The monoisotopic (exact) mass is 307 g/mol. The van der Waals surface area contributed by atoms with E-state index in [1.807, 2.05) is 16.8 Å². The number of nitrogens with zero attached hydrogens (tertiary/aromatic N) is 4. The van der Waals surface area contributed by atoms with E-state index in [0.29, 0.717) is 12.5 Å². The van der Waals surface area contributed by atoms with Gasteiger partial charge in [0.05, 0.1) is 6.54 Å². The topological polar surface area (TPSA) is 95.3 Å². The lowest BCUT2D eigenvalue weighted by Gasteiger charge is -2.06. The molecule has 0 unspecified atom stereocenters. The van der Waals surface area contributed by atoms with Crippen molar-refractivity contribution in [1.82, 2.24) is 19.7 Å². The Morgan fingerprint density at radius 3 is 2.63 bits per heavy atom. The maximum absolute atomic E-state index is 5.57. The zero-order valence-corrected chi connectivity index (χ0v) is 11.6. The summed E-state index contributed by atoms with van der Waals surface area (Å²) in [6.45, 7) is 2.12. The van der Waals surface area contributed by atoms with Crippen molar-refractivity contribution in [2.45, 2.75) is 0 Å². The van der Waals surface area contributed by atoms with Crippen LogP contribution < -0.4 is 10.1 Å². The Morgan fingerprint density at radius 1 is 1.21 bits per heavy atom. The normalized spacial score (nSPS) is 12.5. The summed E-state index contributed by atoms with van der Waals surface area (Å²) in [6.07, 6.45) is 7.10. The first-order chi connectivity index (χ1) is 7.93. The Kier molecular flexibility index (Phi) is 7.13. The highest BCUT2D eigenvalue weighted by Gasteiger charge is 2.09. The van der Waals surface area contributed by atoms with E-state index in [1.165, 1.54) is 0 Å². The van der Waals surface area contributed by atoms with Crippen LogP contribution in [0.3, 0.4) is 0 Å². The highest BCUT2D eigenvalue weighted by atomic mass is 35.5. The molecular formula is C10H15Cl2N5O2. The molecular weight excluding hydrogens is 293 g/mol. The molecule has 1 aliphatic rings. The van der Waals surface area contributed by atoms with Crippen LogP contribution >= 0.6 is 24.8 Å². The predicted molar refractivity (Wildman–Crippen MR) is 76.9 cm³/mol. The fraction of sp³-hybridized carbons (Fsp3) is 0.300. The van der Waals surface area contributed by atoms with Crippen molar-refractivity contribution in [3.05, 3.63) is 24.8 Å². The lowest BCUT2D eigenvalue weighted by molar-refractivity contribution is 0.361. The second-order valence-corrected chi connectivity index (χ2v) is 3.43. The van der Waals surface area contributed by atoms with Crippen LogP contribution in [0.1, 0.15) is 0 Å². The van der Waals surface area contributed by atoms with Crippen molar-refractivity contribution in [2.24, 2.45) is 4.99 Å². The molecule has 3 rings (SSSR count). The van der Waals surface area contributed by atoms with Gasteiger partial charge < -0.3 is 19.9 Å². The molecule has 9 heteroatoms. The van der Waals surface area contributed by atoms with Gasteiger partial charge >= 0.3 is 0 Å². The third kappa shape index (κ3) is 3.69. The van der Waals surface area contributed by atoms with Gasteiger partial charge in [-0.2, -0.15) is 0 Å². The summed E-state index contributed by atoms with van der Waals surface area (Å²) < 4.78 is 7.44. The van der Waals surface area contributed by atoms with Gasteiger partial charge in [0.1, 0.15) is 12.4 Å². The van der Waals surface area contributed by atoms with Gasteiger partial charge in [0.15, 0.2) is 5.65 Å². The zero-order valence-electron chi connectivity index (χ0n) is 9.94. The second kappa shape index (κ2) is 7.78. The van der Waals surface area contributed by atoms with Crippen molar-refractivity contribution >= 4 is 36.3 Å². The summed E-state index contributed by atoms with van der Waals surface area (Å²) >= 11 is 0. The number of hydrogen-bond donors (Lipinski definition) is 1. The third-order valence-corrected chi connectivity index (χ3v) is 2.37. The van der Waals surface area contributed by atoms with Gasteiger partial charge in [0.25, 0.3) is 5.88 Å². The summed E-state index contributed by atoms with van der Waals surface area (Å²) in [5.41, 5.74) is 0.723. The van der Waals surface area contributed by atoms with E-state index in [1.54, 1.807) is 12.4 Å². The first-order valence-electron chi connectivity index (χ1n) is 5.11. The van der Waals surface area contributed by atoms with E-state index in [-0.39, 0.29) is 30.3 Å². The smallest absolute Gasteiger partial charge is 0.258 e. The molecule has 0 saturated carbocycles. The Hall–Kier alpha value is -1.57. The van der Waals surface area contributed by atoms with E-state index in [0.717, 1.165) is 24.6 Å². The van der Waals surface area contributed by atoms with Crippen LogP contribution in [0.4, 0.5) is 0 Å². The second-order valence-electron chi connectivity index (χ2n) is 3.43. The van der Waals surface area contributed by atoms with Crippen LogP contribution in [0.25, 0.3) is 5.65 Å². The maximum atomic E-state index is 5.57. The lowest BCUT2D eigenvalue weighted by Crippen LogP contribution is -2.25. The molecule has 19 heavy (non-hydrogen) atoms. The highest BCUT2D eigenvalue weighted by molar-refractivity contribution is 5.86. The third-order valence-electron chi connectivity index (χ3n) is 2.37. The van der Waals surface area contributed by atoms with Gasteiger partial charge in [-0.05, 0) is 0 Å². The van der Waals surface area contributed by atoms with Gasteiger partial charge in [-0.1, -0.05) is 0 Å². The molecule has 0 radical (unpaired) electrons. The minimum absolute atomic E-state index is 0. The van der Waals surface area contributed by atoms with Gasteiger partial charge in [0.2, 0.25) is 0 Å². The van der Waals surface area contributed by atoms with Crippen molar-refractivity contribution in [2.75, 3.05) is 19.7 Å². The number of aliphatic imine (C=N–C) groups is 1. The largest absolute Gasteiger partial charge is 0.467 e. The molecule has 0 aromatic carbocycles. The minimum atomic E-state index is 0. The number of ether oxygens (including phenoxy) is 1. The molecule has 7 nitrogen and oxygen atoms in total. The summed E-state index contributed by atoms with van der Waals surface area (Å²) in [7, 11) is 0. The highest BCUT2D eigenvalue weighted by Crippen LogP contribution is 2.13. The molecule has 106 valence electrons. The summed E-state index contributed by atoms with van der Waals surface area (Å²) in [4.78, 5) is 12.6. The van der Waals surface area contributed by atoms with Gasteiger partial charge in [-0.15, -0.1) is 24.8 Å². The number of halogens is 2. The zero-order chi connectivity index (χ0) is 10.8. The number of amidine groups is 1. The molecule has 0 amide bonds. The van der Waals surface area contributed by atoms with Gasteiger partial charge in [-0.3, -0.25) is 4.99 Å². The number of nitrogens with one attached hydrogen (secondary N) is 1. The number of imidazole rings is 1. The van der Waals surface area contributed by atoms with Crippen LogP contribution in [-0.4, -0.2) is 45.4 Å². The molecule has 1 aliphatic heterocycles. The van der Waals surface area contributed by atoms with Crippen molar-refractivity contribution < 1.29 is 10.2 Å². The molecule has 2 aromatic heterocycles. The Labute approximate surface area is 122 Å². The van der Waals surface area contributed by atoms with Crippen molar-refractivity contribution in [3.8, 4) is 5.88 Å². The average Bonchev–Trinajstić information content (AvgIpc) is 2.97. The first-order valence-corrected chi connectivity index (χ1v) is 5.11. The number of aromatic nitrogens is 3. The Balaban J connectivity index is 0.00000108. The van der Waals surface area contributed by atoms with E-state index < -0.39 is 0 Å². The standard InChI is InChI=1S/C10H11N5O.2ClH.H2O/c1-2-12-8(11-1)7-16-10-9-13-3-5-15(9)6-4-14-10;;;/h3-6H,1-2,7H2,(H,11,12);2*1H;1H2. The van der Waals surface area contributed by atoms with Crippen LogP contribution in [-0.2, 0) is 0 Å². The molecule has 0 saturated heterocycles. The number of fused-ring (bicyclic) bond motifs is 1. The number of rotatable bonds is 3. The molecule has 2 aromatic rings. The average molecular weight is 308 g/mol. The lowest BCUT2D eigenvalue weighted by atomic mass is 10.6. The van der Waals surface area contributed by atoms with Crippen LogP contribution in [0.15, 0.2) is 29.8 Å². The van der Waals surface area contributed by atoms with Crippen molar-refractivity contribution in [1.29, 1.82) is 0 Å². The SMILES string of the molecule is Cl.Cl.O.c1cn2ccnc2c(OCC2=NCCN2)n1. The van der Waals surface area contributed by atoms with E-state index in [4.69, 9.17) is 4.74 Å². The number of hydrogen-bond acceptors (Lipinski definition) is 5. The molecule has 0 spiro atoms. The molecule has 0 aliphatic carbocycles. The quantitative estimate of drug-likeness (QED) is 0.871. The molecule has 3 heterocycles. The van der Waals surface area contributed by atoms with Crippen LogP contribution in [0.2, 0.25) is 0 Å². The summed E-state index contributed by atoms with van der Waals surface area (Å²) in [5, 5.41) is 3.14. The van der Waals surface area contributed by atoms with Crippen LogP contribution in [0.5, 0.6) is 5.88 Å². The maximum Gasteiger partial charge on any atom is 0.258 e. The van der Waals surface area contributed by atoms with Gasteiger partial charge in [-0.25, -0.2) is 9.97 Å². The van der Waals surface area contributed by atoms with Gasteiger partial charge in [0, 0.05) is 31.3 Å². The van der Waals surface area contributed by atoms with E-state index in [9.17, 15) is 0 Å². The van der Waals surface area contributed by atoms with Crippen LogP contribution in [0, 0.1) is 0 Å². The molecule has 0 bridgehead atoms. The fourth-order valence-corrected chi connectivity index (χ4v) is 1.61.